The fraction of sp³-hybridized carbons (Fsp3) is 0.167. The minimum absolute atomic E-state index is 0.102. The van der Waals surface area contributed by atoms with Gasteiger partial charge in [-0.1, -0.05) is 42.1 Å². The smallest absolute Gasteiger partial charge is 0.196 e. The van der Waals surface area contributed by atoms with Gasteiger partial charge >= 0.3 is 0 Å². The highest BCUT2D eigenvalue weighted by atomic mass is 32.2. The lowest BCUT2D eigenvalue weighted by Crippen LogP contribution is -2.05. The van der Waals surface area contributed by atoms with Crippen molar-refractivity contribution < 1.29 is 13.2 Å². The third-order valence-corrected chi connectivity index (χ3v) is 5.90. The molecule has 0 bridgehead atoms. The Kier molecular flexibility index (Phi) is 5.24. The molecule has 0 aliphatic rings. The van der Waals surface area contributed by atoms with Crippen LogP contribution in [0.1, 0.15) is 15.9 Å². The van der Waals surface area contributed by atoms with Gasteiger partial charge in [0.2, 0.25) is 0 Å². The number of rotatable bonds is 6. The van der Waals surface area contributed by atoms with E-state index in [-0.39, 0.29) is 16.4 Å². The van der Waals surface area contributed by atoms with E-state index in [1.807, 2.05) is 35.8 Å². The molecule has 0 aliphatic carbocycles. The number of para-hydroxylation sites is 1. The number of thioether (sulfide) groups is 1. The van der Waals surface area contributed by atoms with E-state index in [1.54, 1.807) is 6.33 Å². The summed E-state index contributed by atoms with van der Waals surface area (Å²) in [5, 5.41) is 8.66. The fourth-order valence-corrected chi connectivity index (χ4v) is 3.87. The van der Waals surface area contributed by atoms with Gasteiger partial charge in [0, 0.05) is 11.8 Å². The van der Waals surface area contributed by atoms with Crippen LogP contribution < -0.4 is 0 Å². The lowest BCUT2D eigenvalue weighted by atomic mass is 10.1. The number of sulfone groups is 1. The van der Waals surface area contributed by atoms with E-state index in [4.69, 9.17) is 0 Å². The second-order valence-electron chi connectivity index (χ2n) is 5.78. The predicted octanol–water partition coefficient (Wildman–Crippen LogP) is 2.95. The molecule has 6 nitrogen and oxygen atoms in total. The SMILES string of the molecule is Cc1ccccc1-n1cnnc1SCC(=O)c1ccc(S(C)(=O)=O)cc1. The molecule has 0 radical (unpaired) electrons. The van der Waals surface area contributed by atoms with E-state index >= 15 is 0 Å². The summed E-state index contributed by atoms with van der Waals surface area (Å²) in [4.78, 5) is 12.6. The van der Waals surface area contributed by atoms with Crippen molar-refractivity contribution >= 4 is 27.4 Å². The summed E-state index contributed by atoms with van der Waals surface area (Å²) in [6.07, 6.45) is 2.76. The number of nitrogens with zero attached hydrogens (tertiary/aromatic N) is 3. The van der Waals surface area contributed by atoms with Crippen molar-refractivity contribution in [3.8, 4) is 5.69 Å². The molecule has 1 heterocycles. The van der Waals surface area contributed by atoms with Gasteiger partial charge < -0.3 is 0 Å². The van der Waals surface area contributed by atoms with Crippen LogP contribution in [0.5, 0.6) is 0 Å². The van der Waals surface area contributed by atoms with Gasteiger partial charge in [0.15, 0.2) is 20.8 Å². The lowest BCUT2D eigenvalue weighted by Gasteiger charge is -2.08. The molecule has 0 aliphatic heterocycles. The van der Waals surface area contributed by atoms with Gasteiger partial charge in [-0.15, -0.1) is 10.2 Å². The molecule has 3 rings (SSSR count). The summed E-state index contributed by atoms with van der Waals surface area (Å²) >= 11 is 1.29. The average molecular weight is 387 g/mol. The van der Waals surface area contributed by atoms with Crippen LogP contribution in [0.4, 0.5) is 0 Å². The van der Waals surface area contributed by atoms with E-state index in [9.17, 15) is 13.2 Å². The maximum atomic E-state index is 12.4. The van der Waals surface area contributed by atoms with Crippen LogP contribution in [-0.4, -0.2) is 41.0 Å². The van der Waals surface area contributed by atoms with Crippen LogP contribution >= 0.6 is 11.8 Å². The Morgan fingerprint density at radius 1 is 1.12 bits per heavy atom. The summed E-state index contributed by atoms with van der Waals surface area (Å²) < 4.78 is 24.8. The Morgan fingerprint density at radius 3 is 2.46 bits per heavy atom. The van der Waals surface area contributed by atoms with Crippen LogP contribution in [-0.2, 0) is 9.84 Å². The Hall–Kier alpha value is -2.45. The summed E-state index contributed by atoms with van der Waals surface area (Å²) in [5.41, 5.74) is 2.51. The number of ketones is 1. The third-order valence-electron chi connectivity index (χ3n) is 3.83. The van der Waals surface area contributed by atoms with Gasteiger partial charge in [0.05, 0.1) is 16.3 Å². The molecule has 3 aromatic rings. The molecule has 2 aromatic carbocycles. The van der Waals surface area contributed by atoms with Crippen LogP contribution in [0.2, 0.25) is 0 Å². The minimum Gasteiger partial charge on any atom is -0.293 e. The maximum absolute atomic E-state index is 12.4. The first-order valence-corrected chi connectivity index (χ1v) is 10.7. The Balaban J connectivity index is 1.73. The first-order chi connectivity index (χ1) is 12.4. The van der Waals surface area contributed by atoms with E-state index in [2.05, 4.69) is 10.2 Å². The zero-order valence-corrected chi connectivity index (χ0v) is 15.9. The average Bonchev–Trinajstić information content (AvgIpc) is 3.08. The molecule has 0 fully saturated rings. The van der Waals surface area contributed by atoms with Gasteiger partial charge in [0.1, 0.15) is 6.33 Å². The van der Waals surface area contributed by atoms with E-state index in [0.29, 0.717) is 10.7 Å². The molecule has 0 saturated heterocycles. The topological polar surface area (TPSA) is 81.9 Å². The number of benzene rings is 2. The van der Waals surface area contributed by atoms with Gasteiger partial charge in [0.25, 0.3) is 0 Å². The van der Waals surface area contributed by atoms with Gasteiger partial charge in [-0.05, 0) is 30.7 Å². The second kappa shape index (κ2) is 7.43. The molecule has 0 atom stereocenters. The van der Waals surface area contributed by atoms with Crippen molar-refractivity contribution in [3.05, 3.63) is 66.0 Å². The Morgan fingerprint density at radius 2 is 1.81 bits per heavy atom. The molecule has 134 valence electrons. The molecule has 8 heteroatoms. The van der Waals surface area contributed by atoms with Crippen molar-refractivity contribution in [3.63, 3.8) is 0 Å². The summed E-state index contributed by atoms with van der Waals surface area (Å²) in [6.45, 7) is 2.00. The molecule has 0 N–H and O–H groups in total. The van der Waals surface area contributed by atoms with E-state index in [1.165, 1.54) is 36.0 Å². The Labute approximate surface area is 156 Å². The van der Waals surface area contributed by atoms with E-state index < -0.39 is 9.84 Å². The van der Waals surface area contributed by atoms with Crippen LogP contribution in [0.3, 0.4) is 0 Å². The Bertz CT molecular complexity index is 1040. The lowest BCUT2D eigenvalue weighted by molar-refractivity contribution is 0.102. The monoisotopic (exact) mass is 387 g/mol. The number of carbonyl (C=O) groups excluding carboxylic acids is 1. The normalized spacial score (nSPS) is 11.5. The molecule has 26 heavy (non-hydrogen) atoms. The highest BCUT2D eigenvalue weighted by Gasteiger charge is 2.14. The molecule has 0 spiro atoms. The first-order valence-electron chi connectivity index (χ1n) is 7.78. The number of aryl methyl sites for hydroxylation is 1. The molecule has 0 saturated carbocycles. The van der Waals surface area contributed by atoms with E-state index in [0.717, 1.165) is 17.5 Å². The van der Waals surface area contributed by atoms with Crippen LogP contribution in [0, 0.1) is 6.92 Å². The summed E-state index contributed by atoms with van der Waals surface area (Å²) in [5.74, 6) is 0.0809. The molecular formula is C18H17N3O3S2. The fourth-order valence-electron chi connectivity index (χ4n) is 2.42. The quantitative estimate of drug-likeness (QED) is 0.478. The minimum atomic E-state index is -3.27. The van der Waals surface area contributed by atoms with Crippen LogP contribution in [0.15, 0.2) is 64.9 Å². The zero-order chi connectivity index (χ0) is 18.7. The summed E-state index contributed by atoms with van der Waals surface area (Å²) in [6, 6.07) is 13.8. The van der Waals surface area contributed by atoms with Crippen molar-refractivity contribution in [1.82, 2.24) is 14.8 Å². The molecule has 0 unspecified atom stereocenters. The second-order valence-corrected chi connectivity index (χ2v) is 8.74. The van der Waals surface area contributed by atoms with Crippen molar-refractivity contribution in [2.75, 3.05) is 12.0 Å². The molecular weight excluding hydrogens is 370 g/mol. The first kappa shape index (κ1) is 18.3. The highest BCUT2D eigenvalue weighted by molar-refractivity contribution is 7.99. The van der Waals surface area contributed by atoms with Crippen molar-refractivity contribution in [2.24, 2.45) is 0 Å². The number of hydrogen-bond acceptors (Lipinski definition) is 6. The summed E-state index contributed by atoms with van der Waals surface area (Å²) in [7, 11) is -3.27. The number of hydrogen-bond donors (Lipinski definition) is 0. The van der Waals surface area contributed by atoms with Crippen molar-refractivity contribution in [1.29, 1.82) is 0 Å². The molecule has 0 amide bonds. The number of carbonyl (C=O) groups is 1. The third kappa shape index (κ3) is 4.03. The van der Waals surface area contributed by atoms with Crippen LogP contribution in [0.25, 0.3) is 5.69 Å². The van der Waals surface area contributed by atoms with Crippen molar-refractivity contribution in [2.45, 2.75) is 17.0 Å². The van der Waals surface area contributed by atoms with Gasteiger partial charge in [-0.2, -0.15) is 0 Å². The maximum Gasteiger partial charge on any atom is 0.196 e. The molecule has 1 aromatic heterocycles. The van der Waals surface area contributed by atoms with Gasteiger partial charge in [-0.3, -0.25) is 9.36 Å². The number of Topliss-reactive ketones (excluding diaryl/α,β-unsaturated/α-hetero) is 1. The zero-order valence-electron chi connectivity index (χ0n) is 14.3. The predicted molar refractivity (Wildman–Crippen MR) is 101 cm³/mol. The highest BCUT2D eigenvalue weighted by Crippen LogP contribution is 2.22. The standard InChI is InChI=1S/C18H17N3O3S2/c1-13-5-3-4-6-16(13)21-12-19-20-18(21)25-11-17(22)14-7-9-15(10-8-14)26(2,23)24/h3-10,12H,11H2,1-2H3. The van der Waals surface area contributed by atoms with Gasteiger partial charge in [-0.25, -0.2) is 8.42 Å². The number of aromatic nitrogens is 3. The largest absolute Gasteiger partial charge is 0.293 e.